The van der Waals surface area contributed by atoms with Crippen molar-refractivity contribution in [2.75, 3.05) is 0 Å². The Morgan fingerprint density at radius 1 is 1.10 bits per heavy atom. The Kier molecular flexibility index (Phi) is 4.35. The minimum Gasteiger partial charge on any atom is -0.334 e. The van der Waals surface area contributed by atoms with E-state index in [9.17, 15) is 9.59 Å². The number of para-hydroxylation sites is 1. The zero-order chi connectivity index (χ0) is 19.8. The van der Waals surface area contributed by atoms with Gasteiger partial charge in [-0.25, -0.2) is 9.97 Å². The molecule has 5 rings (SSSR count). The summed E-state index contributed by atoms with van der Waals surface area (Å²) in [5.74, 6) is 0.0541. The zero-order valence-electron chi connectivity index (χ0n) is 15.9. The SMILES string of the molecule is O=C(CCn1cnc2ccccc2c1=O)N(Cc1cnc2ccccn12)C1CC1. The quantitative estimate of drug-likeness (QED) is 0.510. The molecule has 0 N–H and O–H groups in total. The van der Waals surface area contributed by atoms with Crippen molar-refractivity contribution in [1.29, 1.82) is 0 Å². The number of hydrogen-bond acceptors (Lipinski definition) is 4. The lowest BCUT2D eigenvalue weighted by atomic mass is 10.2. The van der Waals surface area contributed by atoms with Gasteiger partial charge in [0.25, 0.3) is 5.56 Å². The molecule has 0 spiro atoms. The molecule has 1 fully saturated rings. The van der Waals surface area contributed by atoms with Crippen LogP contribution in [0.1, 0.15) is 25.0 Å². The Balaban J connectivity index is 1.33. The molecule has 146 valence electrons. The number of fused-ring (bicyclic) bond motifs is 2. The first kappa shape index (κ1) is 17.6. The molecule has 3 aromatic heterocycles. The first-order chi connectivity index (χ1) is 14.2. The zero-order valence-corrected chi connectivity index (χ0v) is 15.9. The monoisotopic (exact) mass is 387 g/mol. The second-order valence-electron chi connectivity index (χ2n) is 7.44. The molecule has 1 aliphatic rings. The third-order valence-corrected chi connectivity index (χ3v) is 5.43. The number of rotatable bonds is 6. The van der Waals surface area contributed by atoms with E-state index in [1.807, 2.05) is 58.1 Å². The average molecular weight is 387 g/mol. The summed E-state index contributed by atoms with van der Waals surface area (Å²) in [4.78, 5) is 36.3. The van der Waals surface area contributed by atoms with Crippen molar-refractivity contribution >= 4 is 22.5 Å². The van der Waals surface area contributed by atoms with Crippen LogP contribution in [0, 0.1) is 0 Å². The molecule has 7 nitrogen and oxygen atoms in total. The average Bonchev–Trinajstić information content (AvgIpc) is 3.52. The van der Waals surface area contributed by atoms with Gasteiger partial charge >= 0.3 is 0 Å². The molecular formula is C22H21N5O2. The molecule has 4 aromatic rings. The molecule has 1 amide bonds. The van der Waals surface area contributed by atoms with E-state index in [1.165, 1.54) is 10.9 Å². The van der Waals surface area contributed by atoms with E-state index in [2.05, 4.69) is 9.97 Å². The van der Waals surface area contributed by atoms with Gasteiger partial charge in [-0.05, 0) is 37.1 Å². The summed E-state index contributed by atoms with van der Waals surface area (Å²) in [6, 6.07) is 13.4. The molecule has 7 heteroatoms. The highest BCUT2D eigenvalue weighted by molar-refractivity contribution is 5.78. The Morgan fingerprint density at radius 3 is 2.79 bits per heavy atom. The van der Waals surface area contributed by atoms with Gasteiger partial charge < -0.3 is 9.30 Å². The van der Waals surface area contributed by atoms with E-state index in [0.717, 1.165) is 24.2 Å². The second-order valence-corrected chi connectivity index (χ2v) is 7.44. The van der Waals surface area contributed by atoms with Crippen molar-refractivity contribution in [1.82, 2.24) is 23.8 Å². The molecule has 0 saturated heterocycles. The van der Waals surface area contributed by atoms with Gasteiger partial charge in [0.15, 0.2) is 0 Å². The van der Waals surface area contributed by atoms with Crippen LogP contribution in [-0.2, 0) is 17.9 Å². The van der Waals surface area contributed by atoms with Crippen LogP contribution in [-0.4, -0.2) is 35.8 Å². The largest absolute Gasteiger partial charge is 0.334 e. The first-order valence-corrected chi connectivity index (χ1v) is 9.85. The summed E-state index contributed by atoms with van der Waals surface area (Å²) in [6.07, 6.45) is 7.65. The van der Waals surface area contributed by atoms with Crippen molar-refractivity contribution in [3.05, 3.63) is 77.2 Å². The molecular weight excluding hydrogens is 366 g/mol. The van der Waals surface area contributed by atoms with Crippen molar-refractivity contribution in [2.24, 2.45) is 0 Å². The predicted octanol–water partition coefficient (Wildman–Crippen LogP) is 2.63. The number of aryl methyl sites for hydroxylation is 1. The molecule has 0 bridgehead atoms. The van der Waals surface area contributed by atoms with Gasteiger partial charge in [-0.15, -0.1) is 0 Å². The number of benzene rings is 1. The predicted molar refractivity (Wildman–Crippen MR) is 109 cm³/mol. The van der Waals surface area contributed by atoms with Crippen LogP contribution in [0.3, 0.4) is 0 Å². The van der Waals surface area contributed by atoms with Gasteiger partial charge in [0, 0.05) is 25.2 Å². The summed E-state index contributed by atoms with van der Waals surface area (Å²) in [5, 5.41) is 0.576. The lowest BCUT2D eigenvalue weighted by Crippen LogP contribution is -2.34. The summed E-state index contributed by atoms with van der Waals surface area (Å²) in [5.41, 5.74) is 2.43. The fourth-order valence-electron chi connectivity index (χ4n) is 3.71. The topological polar surface area (TPSA) is 72.5 Å². The van der Waals surface area contributed by atoms with E-state index < -0.39 is 0 Å². The highest BCUT2D eigenvalue weighted by Gasteiger charge is 2.32. The van der Waals surface area contributed by atoms with Crippen molar-refractivity contribution < 1.29 is 4.79 Å². The van der Waals surface area contributed by atoms with Crippen LogP contribution in [0.25, 0.3) is 16.6 Å². The van der Waals surface area contributed by atoms with Gasteiger partial charge in [0.2, 0.25) is 5.91 Å². The fraction of sp³-hybridized carbons (Fsp3) is 0.273. The third-order valence-electron chi connectivity index (χ3n) is 5.43. The summed E-state index contributed by atoms with van der Waals surface area (Å²) < 4.78 is 3.54. The molecule has 0 atom stereocenters. The molecule has 3 heterocycles. The van der Waals surface area contributed by atoms with Gasteiger partial charge in [0.05, 0.1) is 35.7 Å². The van der Waals surface area contributed by atoms with Crippen molar-refractivity contribution in [3.63, 3.8) is 0 Å². The van der Waals surface area contributed by atoms with Gasteiger partial charge in [-0.2, -0.15) is 0 Å². The Morgan fingerprint density at radius 2 is 1.93 bits per heavy atom. The highest BCUT2D eigenvalue weighted by Crippen LogP contribution is 2.29. The maximum atomic E-state index is 13.0. The number of carbonyl (C=O) groups excluding carboxylic acids is 1. The van der Waals surface area contributed by atoms with Crippen LogP contribution in [0.15, 0.2) is 66.0 Å². The molecule has 0 unspecified atom stereocenters. The smallest absolute Gasteiger partial charge is 0.261 e. The minimum absolute atomic E-state index is 0.0541. The summed E-state index contributed by atoms with van der Waals surface area (Å²) in [7, 11) is 0. The highest BCUT2D eigenvalue weighted by atomic mass is 16.2. The lowest BCUT2D eigenvalue weighted by molar-refractivity contribution is -0.132. The van der Waals surface area contributed by atoms with E-state index in [4.69, 9.17) is 0 Å². The van der Waals surface area contributed by atoms with Crippen LogP contribution in [0.5, 0.6) is 0 Å². The first-order valence-electron chi connectivity index (χ1n) is 9.85. The fourth-order valence-corrected chi connectivity index (χ4v) is 3.71. The number of nitrogens with zero attached hydrogens (tertiary/aromatic N) is 5. The standard InChI is InChI=1S/C22H21N5O2/c28-21(10-12-25-15-24-19-6-2-1-5-18(19)22(25)29)27(16-8-9-16)14-17-13-23-20-7-3-4-11-26(17)20/h1-7,11,13,15-16H,8-10,12,14H2. The van der Waals surface area contributed by atoms with E-state index in [-0.39, 0.29) is 23.9 Å². The van der Waals surface area contributed by atoms with E-state index in [0.29, 0.717) is 24.0 Å². The number of carbonyl (C=O) groups is 1. The van der Waals surface area contributed by atoms with Crippen molar-refractivity contribution in [3.8, 4) is 0 Å². The molecule has 29 heavy (non-hydrogen) atoms. The van der Waals surface area contributed by atoms with Crippen LogP contribution in [0.2, 0.25) is 0 Å². The number of hydrogen-bond donors (Lipinski definition) is 0. The van der Waals surface area contributed by atoms with E-state index >= 15 is 0 Å². The number of amides is 1. The lowest BCUT2D eigenvalue weighted by Gasteiger charge is -2.22. The Hall–Kier alpha value is -3.48. The van der Waals surface area contributed by atoms with Crippen molar-refractivity contribution in [2.45, 2.75) is 38.4 Å². The molecule has 0 radical (unpaired) electrons. The van der Waals surface area contributed by atoms with Gasteiger partial charge in [0.1, 0.15) is 5.65 Å². The second kappa shape index (κ2) is 7.16. The minimum atomic E-state index is -0.108. The molecule has 0 aliphatic heterocycles. The molecule has 1 aromatic carbocycles. The maximum absolute atomic E-state index is 13.0. The number of imidazole rings is 1. The van der Waals surface area contributed by atoms with Crippen LogP contribution >= 0.6 is 0 Å². The van der Waals surface area contributed by atoms with Gasteiger partial charge in [-0.1, -0.05) is 18.2 Å². The third kappa shape index (κ3) is 3.40. The van der Waals surface area contributed by atoms with Gasteiger partial charge in [-0.3, -0.25) is 14.2 Å². The number of aromatic nitrogens is 4. The molecule has 1 aliphatic carbocycles. The summed E-state index contributed by atoms with van der Waals surface area (Å²) in [6.45, 7) is 0.853. The Bertz CT molecular complexity index is 1250. The van der Waals surface area contributed by atoms with Crippen LogP contribution < -0.4 is 5.56 Å². The maximum Gasteiger partial charge on any atom is 0.261 e. The normalized spacial score (nSPS) is 13.8. The van der Waals surface area contributed by atoms with E-state index in [1.54, 1.807) is 6.07 Å². The molecule has 1 saturated carbocycles. The Labute approximate surface area is 167 Å². The number of pyridine rings is 1. The van der Waals surface area contributed by atoms with Crippen LogP contribution in [0.4, 0.5) is 0 Å². The summed E-state index contributed by atoms with van der Waals surface area (Å²) >= 11 is 0.